The molecule has 6 heteroatoms. The van der Waals surface area contributed by atoms with Crippen molar-refractivity contribution < 1.29 is 9.47 Å². The number of rotatable bonds is 8. The van der Waals surface area contributed by atoms with Gasteiger partial charge in [0.2, 0.25) is 0 Å². The highest BCUT2D eigenvalue weighted by Gasteiger charge is 2.04. The molecule has 0 bridgehead atoms. The van der Waals surface area contributed by atoms with E-state index in [4.69, 9.17) is 21.1 Å². The average Bonchev–Trinajstić information content (AvgIpc) is 2.81. The summed E-state index contributed by atoms with van der Waals surface area (Å²) in [6.45, 7) is 2.57. The van der Waals surface area contributed by atoms with E-state index in [0.717, 1.165) is 26.6 Å². The number of benzene rings is 1. The Morgan fingerprint density at radius 3 is 2.86 bits per heavy atom. The predicted octanol–water partition coefficient (Wildman–Crippen LogP) is 4.94. The van der Waals surface area contributed by atoms with Crippen LogP contribution in [0.5, 0.6) is 0 Å². The molecule has 0 aliphatic rings. The molecule has 0 amide bonds. The summed E-state index contributed by atoms with van der Waals surface area (Å²) in [6.07, 6.45) is 0. The summed E-state index contributed by atoms with van der Waals surface area (Å²) in [4.78, 5) is 1.19. The van der Waals surface area contributed by atoms with E-state index >= 15 is 0 Å². The van der Waals surface area contributed by atoms with E-state index in [1.807, 2.05) is 18.2 Å². The number of nitrogens with one attached hydrogen (secondary N) is 1. The minimum absolute atomic E-state index is 0.593. The number of halogens is 2. The zero-order valence-electron chi connectivity index (χ0n) is 11.7. The van der Waals surface area contributed by atoms with Crippen molar-refractivity contribution in [3.8, 4) is 0 Å². The molecule has 1 heterocycles. The number of ether oxygens (including phenoxy) is 2. The van der Waals surface area contributed by atoms with Gasteiger partial charge >= 0.3 is 0 Å². The number of anilines is 1. The molecule has 2 rings (SSSR count). The van der Waals surface area contributed by atoms with Crippen LogP contribution in [0.25, 0.3) is 0 Å². The van der Waals surface area contributed by atoms with Crippen LogP contribution in [0.4, 0.5) is 5.69 Å². The molecular weight excluding hydrogens is 374 g/mol. The van der Waals surface area contributed by atoms with Crippen LogP contribution in [-0.4, -0.2) is 20.3 Å². The van der Waals surface area contributed by atoms with Crippen LogP contribution in [0.2, 0.25) is 4.34 Å². The van der Waals surface area contributed by atoms with Crippen molar-refractivity contribution in [1.82, 2.24) is 0 Å². The Bertz CT molecular complexity index is 557. The molecule has 0 aliphatic heterocycles. The number of hydrogen-bond donors (Lipinski definition) is 1. The average molecular weight is 391 g/mol. The van der Waals surface area contributed by atoms with Crippen molar-refractivity contribution in [3.63, 3.8) is 0 Å². The van der Waals surface area contributed by atoms with Gasteiger partial charge in [-0.3, -0.25) is 0 Å². The molecule has 21 heavy (non-hydrogen) atoms. The van der Waals surface area contributed by atoms with Crippen LogP contribution < -0.4 is 5.32 Å². The normalized spacial score (nSPS) is 10.8. The first-order valence-corrected chi connectivity index (χ1v) is 8.51. The second kappa shape index (κ2) is 8.76. The van der Waals surface area contributed by atoms with Crippen molar-refractivity contribution in [2.24, 2.45) is 0 Å². The Kier molecular flexibility index (Phi) is 6.99. The number of hydrogen-bond acceptors (Lipinski definition) is 4. The van der Waals surface area contributed by atoms with E-state index in [1.54, 1.807) is 18.4 Å². The smallest absolute Gasteiger partial charge is 0.107 e. The fourth-order valence-electron chi connectivity index (χ4n) is 1.77. The van der Waals surface area contributed by atoms with Crippen LogP contribution in [-0.2, 0) is 22.6 Å². The van der Waals surface area contributed by atoms with E-state index in [9.17, 15) is 0 Å². The first-order chi connectivity index (χ1) is 10.2. The lowest BCUT2D eigenvalue weighted by molar-refractivity contribution is 0.0617. The van der Waals surface area contributed by atoms with Gasteiger partial charge < -0.3 is 14.8 Å². The molecular formula is C15H17BrClNO2S. The summed E-state index contributed by atoms with van der Waals surface area (Å²) < 4.78 is 12.2. The van der Waals surface area contributed by atoms with E-state index in [-0.39, 0.29) is 0 Å². The van der Waals surface area contributed by atoms with Crippen molar-refractivity contribution >= 4 is 44.6 Å². The van der Waals surface area contributed by atoms with Crippen LogP contribution in [0, 0.1) is 0 Å². The van der Waals surface area contributed by atoms with Gasteiger partial charge in [-0.05, 0) is 39.7 Å². The molecule has 0 radical (unpaired) electrons. The van der Waals surface area contributed by atoms with Gasteiger partial charge in [0.15, 0.2) is 0 Å². The summed E-state index contributed by atoms with van der Waals surface area (Å²) in [7, 11) is 1.67. The topological polar surface area (TPSA) is 30.5 Å². The molecule has 1 aromatic heterocycles. The maximum Gasteiger partial charge on any atom is 0.107 e. The number of thiophene rings is 1. The van der Waals surface area contributed by atoms with Crippen molar-refractivity contribution in [2.75, 3.05) is 25.6 Å². The van der Waals surface area contributed by atoms with Crippen molar-refractivity contribution in [3.05, 3.63) is 49.6 Å². The summed E-state index contributed by atoms with van der Waals surface area (Å²) in [5.41, 5.74) is 2.21. The van der Waals surface area contributed by atoms with E-state index in [1.165, 1.54) is 4.88 Å². The standard InChI is InChI=1S/C15H17BrClNO2S/c1-19-5-6-20-10-11-3-2-4-12(7-11)18-9-13-8-14(16)15(17)21-13/h2-4,7-8,18H,5-6,9-10H2,1H3. The lowest BCUT2D eigenvalue weighted by Crippen LogP contribution is -2.02. The molecule has 0 unspecified atom stereocenters. The Morgan fingerprint density at radius 1 is 1.29 bits per heavy atom. The molecule has 0 saturated heterocycles. The second-order valence-electron chi connectivity index (χ2n) is 4.43. The summed E-state index contributed by atoms with van der Waals surface area (Å²) in [5, 5.41) is 3.39. The molecule has 0 spiro atoms. The Labute approximate surface area is 142 Å². The quantitative estimate of drug-likeness (QED) is 0.648. The first kappa shape index (κ1) is 16.8. The van der Waals surface area contributed by atoms with Gasteiger partial charge in [0.05, 0.1) is 19.8 Å². The monoisotopic (exact) mass is 389 g/mol. The third kappa shape index (κ3) is 5.60. The Morgan fingerprint density at radius 2 is 2.14 bits per heavy atom. The SMILES string of the molecule is COCCOCc1cccc(NCc2cc(Br)c(Cl)s2)c1. The van der Waals surface area contributed by atoms with Gasteiger partial charge in [-0.15, -0.1) is 11.3 Å². The molecule has 1 aromatic carbocycles. The highest BCUT2D eigenvalue weighted by atomic mass is 79.9. The van der Waals surface area contributed by atoms with E-state index < -0.39 is 0 Å². The van der Waals surface area contributed by atoms with Crippen LogP contribution in [0.1, 0.15) is 10.4 Å². The minimum Gasteiger partial charge on any atom is -0.382 e. The zero-order chi connectivity index (χ0) is 15.1. The van der Waals surface area contributed by atoms with Crippen LogP contribution in [0.3, 0.4) is 0 Å². The predicted molar refractivity (Wildman–Crippen MR) is 92.3 cm³/mol. The van der Waals surface area contributed by atoms with Gasteiger partial charge in [0, 0.05) is 28.7 Å². The third-order valence-electron chi connectivity index (χ3n) is 2.79. The summed E-state index contributed by atoms with van der Waals surface area (Å²) in [6, 6.07) is 10.3. The minimum atomic E-state index is 0.593. The fraction of sp³-hybridized carbons (Fsp3) is 0.333. The maximum atomic E-state index is 6.04. The van der Waals surface area contributed by atoms with Gasteiger partial charge in [0.1, 0.15) is 4.34 Å². The first-order valence-electron chi connectivity index (χ1n) is 6.52. The van der Waals surface area contributed by atoms with Crippen LogP contribution in [0.15, 0.2) is 34.8 Å². The van der Waals surface area contributed by atoms with E-state index in [2.05, 4.69) is 33.4 Å². The molecule has 0 atom stereocenters. The summed E-state index contributed by atoms with van der Waals surface area (Å²) in [5.74, 6) is 0. The van der Waals surface area contributed by atoms with Gasteiger partial charge in [-0.25, -0.2) is 0 Å². The maximum absolute atomic E-state index is 6.04. The molecule has 114 valence electrons. The fourth-order valence-corrected chi connectivity index (χ4v) is 3.50. The van der Waals surface area contributed by atoms with Gasteiger partial charge in [-0.2, -0.15) is 0 Å². The molecule has 0 saturated carbocycles. The third-order valence-corrected chi connectivity index (χ3v) is 5.27. The highest BCUT2D eigenvalue weighted by Crippen LogP contribution is 2.32. The lowest BCUT2D eigenvalue weighted by atomic mass is 10.2. The zero-order valence-corrected chi connectivity index (χ0v) is 14.9. The number of methoxy groups -OCH3 is 1. The van der Waals surface area contributed by atoms with Crippen LogP contribution >= 0.6 is 38.9 Å². The van der Waals surface area contributed by atoms with Crippen molar-refractivity contribution in [1.29, 1.82) is 0 Å². The van der Waals surface area contributed by atoms with Crippen molar-refractivity contribution in [2.45, 2.75) is 13.2 Å². The van der Waals surface area contributed by atoms with Gasteiger partial charge in [-0.1, -0.05) is 23.7 Å². The molecule has 3 nitrogen and oxygen atoms in total. The largest absolute Gasteiger partial charge is 0.382 e. The lowest BCUT2D eigenvalue weighted by Gasteiger charge is -2.08. The molecule has 0 aliphatic carbocycles. The molecule has 2 aromatic rings. The Hall–Kier alpha value is -0.590. The highest BCUT2D eigenvalue weighted by molar-refractivity contribution is 9.10. The summed E-state index contributed by atoms with van der Waals surface area (Å²) >= 11 is 11.0. The second-order valence-corrected chi connectivity index (χ2v) is 7.03. The Balaban J connectivity index is 1.85. The van der Waals surface area contributed by atoms with Gasteiger partial charge in [0.25, 0.3) is 0 Å². The molecule has 1 N–H and O–H groups in total. The van der Waals surface area contributed by atoms with E-state index in [0.29, 0.717) is 19.8 Å². The molecule has 0 fully saturated rings.